The molecule has 0 bridgehead atoms. The number of amides is 1. The zero-order valence-corrected chi connectivity index (χ0v) is 19.1. The van der Waals surface area contributed by atoms with E-state index in [1.807, 2.05) is 24.0 Å². The third-order valence-corrected chi connectivity index (χ3v) is 7.09. The van der Waals surface area contributed by atoms with Gasteiger partial charge in [-0.05, 0) is 56.5 Å². The smallest absolute Gasteiger partial charge is 0.260 e. The summed E-state index contributed by atoms with van der Waals surface area (Å²) in [5, 5.41) is 0.788. The number of fused-ring (bicyclic) bond motifs is 1. The van der Waals surface area contributed by atoms with Crippen molar-refractivity contribution in [2.24, 2.45) is 0 Å². The largest absolute Gasteiger partial charge is 0.370 e. The number of aryl methyl sites for hydroxylation is 4. The van der Waals surface area contributed by atoms with Crippen molar-refractivity contribution in [2.45, 2.75) is 27.7 Å². The van der Waals surface area contributed by atoms with Crippen molar-refractivity contribution < 1.29 is 14.4 Å². The lowest BCUT2D eigenvalue weighted by Crippen LogP contribution is -3.14. The zero-order valence-electron chi connectivity index (χ0n) is 18.2. The molecule has 0 spiro atoms. The van der Waals surface area contributed by atoms with Crippen LogP contribution in [0.4, 0.5) is 5.13 Å². The topological polar surface area (TPSA) is 46.9 Å². The van der Waals surface area contributed by atoms with Crippen LogP contribution in [-0.2, 0) is 4.74 Å². The first-order valence-corrected chi connectivity index (χ1v) is 11.4. The van der Waals surface area contributed by atoms with Crippen LogP contribution in [0.25, 0.3) is 10.2 Å². The van der Waals surface area contributed by atoms with Gasteiger partial charge in [0.2, 0.25) is 0 Å². The summed E-state index contributed by atoms with van der Waals surface area (Å²) in [5.74, 6) is 0.0357. The fourth-order valence-electron chi connectivity index (χ4n) is 3.99. The number of hydrogen-bond acceptors (Lipinski definition) is 4. The predicted molar refractivity (Wildman–Crippen MR) is 123 cm³/mol. The van der Waals surface area contributed by atoms with E-state index in [9.17, 15) is 4.79 Å². The number of carbonyl (C=O) groups excluding carboxylic acids is 1. The minimum atomic E-state index is 0.0357. The average molecular weight is 425 g/mol. The summed E-state index contributed by atoms with van der Waals surface area (Å²) >= 11 is 1.61. The Labute approximate surface area is 182 Å². The molecular weight excluding hydrogens is 394 g/mol. The number of carbonyl (C=O) groups is 1. The van der Waals surface area contributed by atoms with Crippen LogP contribution >= 0.6 is 11.3 Å². The van der Waals surface area contributed by atoms with Crippen LogP contribution in [0.15, 0.2) is 30.3 Å². The number of nitrogens with zero attached hydrogens (tertiary/aromatic N) is 2. The Morgan fingerprint density at radius 2 is 1.87 bits per heavy atom. The zero-order chi connectivity index (χ0) is 21.3. The summed E-state index contributed by atoms with van der Waals surface area (Å²) in [6.45, 7) is 13.4. The molecule has 5 nitrogen and oxygen atoms in total. The van der Waals surface area contributed by atoms with Gasteiger partial charge in [0.15, 0.2) is 5.13 Å². The number of benzene rings is 2. The van der Waals surface area contributed by atoms with Crippen molar-refractivity contribution in [3.63, 3.8) is 0 Å². The molecule has 30 heavy (non-hydrogen) atoms. The molecule has 0 unspecified atom stereocenters. The fraction of sp³-hybridized carbons (Fsp3) is 0.417. The van der Waals surface area contributed by atoms with E-state index in [0.29, 0.717) is 6.54 Å². The quantitative estimate of drug-likeness (QED) is 0.685. The van der Waals surface area contributed by atoms with Gasteiger partial charge in [-0.3, -0.25) is 9.69 Å². The van der Waals surface area contributed by atoms with E-state index in [1.54, 1.807) is 11.3 Å². The number of morpholine rings is 1. The maximum atomic E-state index is 13.6. The van der Waals surface area contributed by atoms with Crippen LogP contribution in [0.2, 0.25) is 0 Å². The first kappa shape index (κ1) is 21.0. The Balaban J connectivity index is 1.69. The van der Waals surface area contributed by atoms with Crippen molar-refractivity contribution in [3.8, 4) is 0 Å². The highest BCUT2D eigenvalue weighted by molar-refractivity contribution is 7.22. The van der Waals surface area contributed by atoms with Crippen molar-refractivity contribution in [1.82, 2.24) is 4.98 Å². The van der Waals surface area contributed by atoms with E-state index in [2.05, 4.69) is 39.0 Å². The molecule has 2 heterocycles. The average Bonchev–Trinajstić information content (AvgIpc) is 3.16. The molecule has 1 aromatic heterocycles. The molecule has 1 saturated heterocycles. The number of anilines is 1. The van der Waals surface area contributed by atoms with Gasteiger partial charge in [-0.2, -0.15) is 0 Å². The van der Waals surface area contributed by atoms with Gasteiger partial charge in [0, 0.05) is 5.56 Å². The summed E-state index contributed by atoms with van der Waals surface area (Å²) in [5.41, 5.74) is 6.35. The maximum absolute atomic E-state index is 13.6. The second-order valence-corrected chi connectivity index (χ2v) is 9.25. The molecule has 0 atom stereocenters. The first-order valence-electron chi connectivity index (χ1n) is 10.6. The van der Waals surface area contributed by atoms with Crippen LogP contribution in [0.5, 0.6) is 0 Å². The Kier molecular flexibility index (Phi) is 6.18. The maximum Gasteiger partial charge on any atom is 0.260 e. The number of aromatic nitrogens is 1. The van der Waals surface area contributed by atoms with E-state index >= 15 is 0 Å². The normalized spacial score (nSPS) is 14.9. The predicted octanol–water partition coefficient (Wildman–Crippen LogP) is 3.09. The highest BCUT2D eigenvalue weighted by Crippen LogP contribution is 2.32. The van der Waals surface area contributed by atoms with Crippen molar-refractivity contribution >= 4 is 32.6 Å². The number of nitrogens with one attached hydrogen (secondary N) is 1. The van der Waals surface area contributed by atoms with Crippen molar-refractivity contribution in [3.05, 3.63) is 58.1 Å². The van der Waals surface area contributed by atoms with Crippen LogP contribution < -0.4 is 9.80 Å². The summed E-state index contributed by atoms with van der Waals surface area (Å²) in [4.78, 5) is 21.9. The molecule has 2 aromatic carbocycles. The van der Waals surface area contributed by atoms with Crippen LogP contribution in [-0.4, -0.2) is 50.3 Å². The van der Waals surface area contributed by atoms with Gasteiger partial charge in [-0.25, -0.2) is 4.98 Å². The molecule has 1 fully saturated rings. The molecule has 1 amide bonds. The van der Waals surface area contributed by atoms with E-state index in [-0.39, 0.29) is 5.91 Å². The number of quaternary nitrogens is 1. The SMILES string of the molecule is Cc1ccc(C(=O)N(CC[NH+]2CCOCC2)c2nc3c(C)c(C)ccc3s2)c(C)c1. The molecule has 1 aliphatic rings. The van der Waals surface area contributed by atoms with E-state index < -0.39 is 0 Å². The van der Waals surface area contributed by atoms with Gasteiger partial charge in [-0.1, -0.05) is 35.1 Å². The molecule has 0 aliphatic carbocycles. The molecule has 158 valence electrons. The minimum Gasteiger partial charge on any atom is -0.370 e. The fourth-order valence-corrected chi connectivity index (χ4v) is 5.04. The Hall–Kier alpha value is -2.28. The third kappa shape index (κ3) is 4.26. The van der Waals surface area contributed by atoms with Gasteiger partial charge >= 0.3 is 0 Å². The summed E-state index contributed by atoms with van der Waals surface area (Å²) in [6, 6.07) is 10.3. The summed E-state index contributed by atoms with van der Waals surface area (Å²) in [7, 11) is 0. The van der Waals surface area contributed by atoms with Gasteiger partial charge in [0.05, 0.1) is 36.5 Å². The highest BCUT2D eigenvalue weighted by atomic mass is 32.1. The second kappa shape index (κ2) is 8.84. The Bertz CT molecular complexity index is 1070. The van der Waals surface area contributed by atoms with Gasteiger partial charge in [0.25, 0.3) is 5.91 Å². The molecule has 4 rings (SSSR count). The van der Waals surface area contributed by atoms with E-state index in [0.717, 1.165) is 59.3 Å². The van der Waals surface area contributed by atoms with Crippen molar-refractivity contribution in [1.29, 1.82) is 0 Å². The van der Waals surface area contributed by atoms with Gasteiger partial charge < -0.3 is 9.64 Å². The number of ether oxygens (including phenoxy) is 1. The Morgan fingerprint density at radius 3 is 2.60 bits per heavy atom. The monoisotopic (exact) mass is 424 g/mol. The highest BCUT2D eigenvalue weighted by Gasteiger charge is 2.25. The standard InChI is InChI=1S/C24H29N3O2S/c1-16-5-7-20(18(3)15-16)23(28)27(10-9-26-11-13-29-14-12-26)24-25-22-19(4)17(2)6-8-21(22)30-24/h5-8,15H,9-14H2,1-4H3/p+1. The number of hydrogen-bond donors (Lipinski definition) is 1. The van der Waals surface area contributed by atoms with Crippen LogP contribution in [0, 0.1) is 27.7 Å². The van der Waals surface area contributed by atoms with Crippen LogP contribution in [0.1, 0.15) is 32.6 Å². The van der Waals surface area contributed by atoms with Crippen molar-refractivity contribution in [2.75, 3.05) is 44.3 Å². The molecule has 1 aliphatic heterocycles. The minimum absolute atomic E-state index is 0.0357. The number of rotatable bonds is 5. The summed E-state index contributed by atoms with van der Waals surface area (Å²) < 4.78 is 6.62. The molecule has 0 saturated carbocycles. The lowest BCUT2D eigenvalue weighted by atomic mass is 10.0. The molecule has 3 aromatic rings. The first-order chi connectivity index (χ1) is 14.4. The third-order valence-electron chi connectivity index (χ3n) is 6.05. The Morgan fingerprint density at radius 1 is 1.10 bits per heavy atom. The van der Waals surface area contributed by atoms with Crippen LogP contribution in [0.3, 0.4) is 0 Å². The lowest BCUT2D eigenvalue weighted by Gasteiger charge is -2.27. The summed E-state index contributed by atoms with van der Waals surface area (Å²) in [6.07, 6.45) is 0. The van der Waals surface area contributed by atoms with Gasteiger partial charge in [0.1, 0.15) is 13.1 Å². The molecular formula is C24H30N3O2S+. The van der Waals surface area contributed by atoms with E-state index in [4.69, 9.17) is 9.72 Å². The lowest BCUT2D eigenvalue weighted by molar-refractivity contribution is -0.906. The van der Waals surface area contributed by atoms with Gasteiger partial charge in [-0.15, -0.1) is 0 Å². The molecule has 0 radical (unpaired) electrons. The van der Waals surface area contributed by atoms with E-state index in [1.165, 1.54) is 21.6 Å². The second-order valence-electron chi connectivity index (χ2n) is 8.24. The number of thiazole rings is 1. The molecule has 6 heteroatoms. The molecule has 1 N–H and O–H groups in total.